The molecule has 0 amide bonds. The summed E-state index contributed by atoms with van der Waals surface area (Å²) in [5.74, 6) is 1.83. The van der Waals surface area contributed by atoms with Crippen molar-refractivity contribution in [2.45, 2.75) is 104 Å². The summed E-state index contributed by atoms with van der Waals surface area (Å²) >= 11 is 0. The van der Waals surface area contributed by atoms with E-state index < -0.39 is 111 Å². The maximum absolute atomic E-state index is 12.0. The fraction of sp³-hybridized carbons (Fsp3) is 1.00. The molecule has 6 atom stereocenters. The lowest BCUT2D eigenvalue weighted by Gasteiger charge is -2.22. The first kappa shape index (κ1) is 61.4. The molecule has 0 saturated heterocycles. The van der Waals surface area contributed by atoms with E-state index in [1.165, 1.54) is 41.5 Å². The van der Waals surface area contributed by atoms with Gasteiger partial charge in [-0.3, -0.25) is 54.3 Å². The lowest BCUT2D eigenvalue weighted by atomic mass is 10.2. The quantitative estimate of drug-likeness (QED) is 0.0193. The molecule has 0 rings (SSSR count). The van der Waals surface area contributed by atoms with Crippen LogP contribution in [-0.4, -0.2) is 118 Å². The molecule has 24 nitrogen and oxygen atoms in total. The Morgan fingerprint density at radius 3 is 0.750 bits per heavy atom. The van der Waals surface area contributed by atoms with Crippen LogP contribution in [-0.2, 0) is 81.7 Å². The van der Waals surface area contributed by atoms with Crippen molar-refractivity contribution in [2.24, 2.45) is 0 Å². The summed E-state index contributed by atoms with van der Waals surface area (Å²) in [5, 5.41) is 0. The van der Waals surface area contributed by atoms with Crippen LogP contribution < -0.4 is 0 Å². The van der Waals surface area contributed by atoms with Crippen LogP contribution in [0.2, 0.25) is 0 Å². The maximum Gasteiger partial charge on any atom is 0.472 e. The summed E-state index contributed by atoms with van der Waals surface area (Å²) in [4.78, 5) is 57.9. The van der Waals surface area contributed by atoms with Gasteiger partial charge in [0.25, 0.3) is 0 Å². The van der Waals surface area contributed by atoms with Gasteiger partial charge in [-0.25, -0.2) is 27.4 Å². The van der Waals surface area contributed by atoms with Gasteiger partial charge < -0.3 is 29.4 Å². The first-order chi connectivity index (χ1) is 27.4. The Hall–Kier alpha value is 1.36. The van der Waals surface area contributed by atoms with Gasteiger partial charge in [0.1, 0.15) is 0 Å². The second kappa shape index (κ2) is 30.6. The van der Waals surface area contributed by atoms with E-state index in [0.717, 1.165) is 50.0 Å². The summed E-state index contributed by atoms with van der Waals surface area (Å²) in [7, 11) is -23.4. The zero-order valence-electron chi connectivity index (χ0n) is 34.7. The highest BCUT2D eigenvalue weighted by Gasteiger charge is 2.31. The van der Waals surface area contributed by atoms with Gasteiger partial charge in [-0.15, -0.1) is 0 Å². The Balaban J connectivity index is 3.76. The highest BCUT2D eigenvalue weighted by Crippen LogP contribution is 2.50. The molecule has 0 aromatic carbocycles. The summed E-state index contributed by atoms with van der Waals surface area (Å²) in [6, 6.07) is 0. The molecule has 0 saturated carbocycles. The molecular formula is C28H64O24P6S2. The Labute approximate surface area is 360 Å². The van der Waals surface area contributed by atoms with Crippen molar-refractivity contribution in [1.82, 2.24) is 0 Å². The van der Waals surface area contributed by atoms with Gasteiger partial charge in [-0.2, -0.15) is 0 Å². The fourth-order valence-electron chi connectivity index (χ4n) is 3.83. The van der Waals surface area contributed by atoms with Crippen molar-refractivity contribution in [3.05, 3.63) is 0 Å². The normalized spacial score (nSPS) is 18.8. The lowest BCUT2D eigenvalue weighted by molar-refractivity contribution is 0.0493. The standard InChI is InChI=1S/C28H64O24P6S2/c1-27(2,3)51-57(37,38)49-23-21-47-55(33,34)45-19-17-43-53(29,30)41-15-11-7-9-13-25-59-60-26-14-10-8-12-16-42-54(31,32)44-18-20-46-56(35,36)48-22-24-50-58(39,40)52-28(4,5)6/h7-26H2,1-6H3,(H,29,30)(H,31,32)(H,33,34)(H,35,36)(H,37,38)(H,39,40). The van der Waals surface area contributed by atoms with Gasteiger partial charge in [0.2, 0.25) is 0 Å². The summed E-state index contributed by atoms with van der Waals surface area (Å²) in [5.41, 5.74) is -1.93. The number of phosphoric ester groups is 6. The third kappa shape index (κ3) is 40.8. The molecule has 0 aliphatic heterocycles. The number of hydrogen-bond acceptors (Lipinski definition) is 20. The second-order valence-electron chi connectivity index (χ2n) is 14.0. The second-order valence-corrected chi connectivity index (χ2v) is 25.3. The predicted octanol–water partition coefficient (Wildman–Crippen LogP) is 7.89. The largest absolute Gasteiger partial charge is 0.472 e. The Bertz CT molecular complexity index is 1360. The van der Waals surface area contributed by atoms with Gasteiger partial charge >= 0.3 is 46.9 Å². The molecule has 0 heterocycles. The minimum Gasteiger partial charge on any atom is -0.302 e. The molecule has 0 aromatic heterocycles. The SMILES string of the molecule is CC(C)(C)OP(=O)(O)OCCOP(=O)(O)OCCOP(=O)(O)OCCCCCCSSCCCCCCOP(=O)(O)OCCOP(=O)(O)OCCOP(=O)(O)OC(C)(C)C. The van der Waals surface area contributed by atoms with E-state index in [0.29, 0.717) is 12.8 Å². The van der Waals surface area contributed by atoms with Crippen LogP contribution in [0, 0.1) is 0 Å². The highest BCUT2D eigenvalue weighted by atomic mass is 33.1. The maximum atomic E-state index is 12.0. The highest BCUT2D eigenvalue weighted by molar-refractivity contribution is 8.76. The number of rotatable bonds is 39. The van der Waals surface area contributed by atoms with Crippen molar-refractivity contribution >= 4 is 68.5 Å². The molecule has 0 aromatic rings. The Kier molecular flexibility index (Phi) is 31.3. The van der Waals surface area contributed by atoms with Crippen LogP contribution in [0.3, 0.4) is 0 Å². The van der Waals surface area contributed by atoms with E-state index in [2.05, 4.69) is 27.1 Å². The summed E-state index contributed by atoms with van der Waals surface area (Å²) < 4.78 is 128. The number of hydrogen-bond donors (Lipinski definition) is 6. The minimum absolute atomic E-state index is 0.0347. The molecule has 32 heteroatoms. The van der Waals surface area contributed by atoms with Crippen molar-refractivity contribution in [3.63, 3.8) is 0 Å². The minimum atomic E-state index is -4.61. The van der Waals surface area contributed by atoms with Crippen LogP contribution in [0.5, 0.6) is 0 Å². The first-order valence-corrected chi connectivity index (χ1v) is 30.0. The molecule has 0 aliphatic rings. The fourth-order valence-corrected chi connectivity index (χ4v) is 11.1. The van der Waals surface area contributed by atoms with E-state index in [1.807, 2.05) is 0 Å². The Morgan fingerprint density at radius 1 is 0.317 bits per heavy atom. The average Bonchev–Trinajstić information content (AvgIpc) is 3.07. The van der Waals surface area contributed by atoms with Gasteiger partial charge in [-0.1, -0.05) is 47.3 Å². The van der Waals surface area contributed by atoms with Gasteiger partial charge in [0.05, 0.1) is 77.3 Å². The van der Waals surface area contributed by atoms with Crippen LogP contribution in [0.25, 0.3) is 0 Å². The van der Waals surface area contributed by atoms with Crippen LogP contribution in [0.4, 0.5) is 0 Å². The molecule has 6 N–H and O–H groups in total. The third-order valence-corrected chi connectivity index (χ3v) is 15.2. The van der Waals surface area contributed by atoms with Crippen LogP contribution >= 0.6 is 68.5 Å². The number of phosphoric acid groups is 6. The molecule has 362 valence electrons. The average molecular weight is 1030 g/mol. The summed E-state index contributed by atoms with van der Waals surface area (Å²) in [6.07, 6.45) is 6.14. The van der Waals surface area contributed by atoms with Crippen molar-refractivity contribution < 1.29 is 111 Å². The van der Waals surface area contributed by atoms with Gasteiger partial charge in [-0.05, 0) is 67.2 Å². The van der Waals surface area contributed by atoms with Crippen LogP contribution in [0.15, 0.2) is 0 Å². The van der Waals surface area contributed by atoms with E-state index in [1.54, 1.807) is 21.6 Å². The molecule has 60 heavy (non-hydrogen) atoms. The van der Waals surface area contributed by atoms with Gasteiger partial charge in [0.15, 0.2) is 0 Å². The van der Waals surface area contributed by atoms with Crippen molar-refractivity contribution in [3.8, 4) is 0 Å². The zero-order chi connectivity index (χ0) is 46.0. The van der Waals surface area contributed by atoms with Gasteiger partial charge in [0, 0.05) is 11.5 Å². The van der Waals surface area contributed by atoms with E-state index in [9.17, 15) is 56.8 Å². The van der Waals surface area contributed by atoms with E-state index >= 15 is 0 Å². The monoisotopic (exact) mass is 1030 g/mol. The molecule has 0 bridgehead atoms. The predicted molar refractivity (Wildman–Crippen MR) is 222 cm³/mol. The smallest absolute Gasteiger partial charge is 0.302 e. The zero-order valence-corrected chi connectivity index (χ0v) is 41.7. The first-order valence-electron chi connectivity index (χ1n) is 18.5. The molecular weight excluding hydrogens is 970 g/mol. The lowest BCUT2D eigenvalue weighted by Crippen LogP contribution is -2.18. The van der Waals surface area contributed by atoms with Crippen molar-refractivity contribution in [1.29, 1.82) is 0 Å². The molecule has 0 aliphatic carbocycles. The number of unbranched alkanes of at least 4 members (excludes halogenated alkanes) is 6. The molecule has 0 fully saturated rings. The molecule has 0 radical (unpaired) electrons. The van der Waals surface area contributed by atoms with E-state index in [-0.39, 0.29) is 13.2 Å². The van der Waals surface area contributed by atoms with Crippen molar-refractivity contribution in [2.75, 3.05) is 77.6 Å². The topological polar surface area (TPSA) is 335 Å². The van der Waals surface area contributed by atoms with Crippen LogP contribution in [0.1, 0.15) is 92.9 Å². The third-order valence-electron chi connectivity index (χ3n) is 5.98. The van der Waals surface area contributed by atoms with E-state index in [4.69, 9.17) is 27.1 Å². The molecule has 6 unspecified atom stereocenters. The Morgan fingerprint density at radius 2 is 0.517 bits per heavy atom. The summed E-state index contributed by atoms with van der Waals surface area (Å²) in [6.45, 7) is 4.60. The molecule has 0 spiro atoms.